The molecule has 124 valence electrons. The summed E-state index contributed by atoms with van der Waals surface area (Å²) < 4.78 is 24.6. The molecular weight excluding hydrogens is 314 g/mol. The van der Waals surface area contributed by atoms with E-state index in [0.29, 0.717) is 12.1 Å². The number of nitrogens with zero attached hydrogens (tertiary/aromatic N) is 2. The molecule has 2 unspecified atom stereocenters. The lowest BCUT2D eigenvalue weighted by Gasteiger charge is -2.33. The summed E-state index contributed by atoms with van der Waals surface area (Å²) in [5.41, 5.74) is 6.80. The highest BCUT2D eigenvalue weighted by atomic mass is 32.2. The molecule has 0 aliphatic carbocycles. The lowest BCUT2D eigenvalue weighted by atomic mass is 10.1. The number of fused-ring (bicyclic) bond motifs is 1. The lowest BCUT2D eigenvalue weighted by Crippen LogP contribution is -2.45. The maximum Gasteiger partial charge on any atom is 0.241 e. The van der Waals surface area contributed by atoms with Crippen LogP contribution in [0.3, 0.4) is 0 Å². The minimum absolute atomic E-state index is 0.299. The second kappa shape index (κ2) is 6.97. The molecule has 0 aliphatic heterocycles. The number of carbonyl (C=O) groups is 1. The Morgan fingerprint density at radius 1 is 1.17 bits per heavy atom. The molecule has 0 saturated heterocycles. The van der Waals surface area contributed by atoms with Gasteiger partial charge >= 0.3 is 0 Å². The summed E-state index contributed by atoms with van der Waals surface area (Å²) in [7, 11) is 3.84. The molecule has 0 aromatic heterocycles. The van der Waals surface area contributed by atoms with Gasteiger partial charge in [-0.3, -0.25) is 13.3 Å². The van der Waals surface area contributed by atoms with E-state index in [1.165, 1.54) is 0 Å². The third-order valence-corrected chi connectivity index (χ3v) is 4.53. The molecule has 0 fully saturated rings. The van der Waals surface area contributed by atoms with Crippen molar-refractivity contribution in [2.75, 3.05) is 23.3 Å². The van der Waals surface area contributed by atoms with E-state index in [1.807, 2.05) is 43.3 Å². The van der Waals surface area contributed by atoms with Crippen molar-refractivity contribution in [3.63, 3.8) is 0 Å². The summed E-state index contributed by atoms with van der Waals surface area (Å²) in [4.78, 5) is 13.6. The molecule has 1 amide bonds. The average molecular weight is 334 g/mol. The molecule has 0 spiro atoms. The Morgan fingerprint density at radius 2 is 1.70 bits per heavy atom. The van der Waals surface area contributed by atoms with E-state index < -0.39 is 23.2 Å². The van der Waals surface area contributed by atoms with Crippen LogP contribution in [0.2, 0.25) is 0 Å². The van der Waals surface area contributed by atoms with Crippen LogP contribution in [0.4, 0.5) is 11.4 Å². The quantitative estimate of drug-likeness (QED) is 0.815. The molecule has 2 aromatic rings. The zero-order valence-corrected chi connectivity index (χ0v) is 14.2. The van der Waals surface area contributed by atoms with Crippen molar-refractivity contribution in [2.45, 2.75) is 19.4 Å². The van der Waals surface area contributed by atoms with Crippen LogP contribution in [0.15, 0.2) is 36.4 Å². The topological polar surface area (TPSA) is 89.7 Å². The number of hydrogen-bond acceptors (Lipinski definition) is 4. The Morgan fingerprint density at radius 3 is 2.13 bits per heavy atom. The van der Waals surface area contributed by atoms with Gasteiger partial charge in [-0.2, -0.15) is 0 Å². The van der Waals surface area contributed by atoms with E-state index >= 15 is 0 Å². The largest absolute Gasteiger partial charge is 0.755 e. The van der Waals surface area contributed by atoms with Gasteiger partial charge in [-0.15, -0.1) is 0 Å². The van der Waals surface area contributed by atoms with Crippen molar-refractivity contribution in [3.05, 3.63) is 36.4 Å². The molecular formula is C16H20N3O3S-. The summed E-state index contributed by atoms with van der Waals surface area (Å²) in [6.07, 6.45) is 0.299. The number of hydrogen-bond donors (Lipinski definition) is 1. The predicted molar refractivity (Wildman–Crippen MR) is 92.9 cm³/mol. The summed E-state index contributed by atoms with van der Waals surface area (Å²) >= 11 is -2.61. The van der Waals surface area contributed by atoms with E-state index in [2.05, 4.69) is 0 Å². The van der Waals surface area contributed by atoms with Crippen molar-refractivity contribution in [1.82, 2.24) is 0 Å². The monoisotopic (exact) mass is 334 g/mol. The first-order valence-corrected chi connectivity index (χ1v) is 8.28. The van der Waals surface area contributed by atoms with Crippen LogP contribution in [0.5, 0.6) is 0 Å². The third-order valence-electron chi connectivity index (χ3n) is 3.75. The van der Waals surface area contributed by atoms with Crippen molar-refractivity contribution >= 4 is 39.3 Å². The molecule has 2 N–H and O–H groups in total. The summed E-state index contributed by atoms with van der Waals surface area (Å²) in [5.74, 6) is -0.669. The van der Waals surface area contributed by atoms with Gasteiger partial charge in [0.25, 0.3) is 0 Å². The van der Waals surface area contributed by atoms with E-state index in [4.69, 9.17) is 5.73 Å². The standard InChI is InChI=1S/C16H21N3O3S/c1-4-13(16(17)20)19(23(21)22)15-10-6-7-11-12(15)8-5-9-14(11)18(2)3/h5-10,13H,4H2,1-3H3,(H2,17,20)(H,21,22)/p-1. The predicted octanol–water partition coefficient (Wildman–Crippen LogP) is 1.77. The number of carbonyl (C=O) groups excluding carboxylic acids is 1. The molecule has 0 aliphatic rings. The molecule has 7 heteroatoms. The molecule has 2 atom stereocenters. The normalized spacial score (nSPS) is 13.6. The van der Waals surface area contributed by atoms with Gasteiger partial charge < -0.3 is 15.2 Å². The first-order chi connectivity index (χ1) is 10.9. The number of rotatable bonds is 6. The van der Waals surface area contributed by atoms with Gasteiger partial charge in [0.05, 0.1) is 5.69 Å². The second-order valence-electron chi connectivity index (χ2n) is 5.41. The number of anilines is 2. The summed E-state index contributed by atoms with van der Waals surface area (Å²) in [6, 6.07) is 10.1. The molecule has 2 rings (SSSR count). The molecule has 23 heavy (non-hydrogen) atoms. The van der Waals surface area contributed by atoms with Crippen LogP contribution in [0.1, 0.15) is 13.3 Å². The van der Waals surface area contributed by atoms with Crippen LogP contribution in [0.25, 0.3) is 10.8 Å². The molecule has 2 aromatic carbocycles. The fourth-order valence-electron chi connectivity index (χ4n) is 2.69. The first-order valence-electron chi connectivity index (χ1n) is 7.25. The molecule has 0 saturated carbocycles. The highest BCUT2D eigenvalue weighted by Crippen LogP contribution is 2.34. The Labute approximate surface area is 138 Å². The van der Waals surface area contributed by atoms with E-state index in [1.54, 1.807) is 19.1 Å². The summed E-state index contributed by atoms with van der Waals surface area (Å²) in [5, 5.41) is 1.66. The zero-order valence-electron chi connectivity index (χ0n) is 13.4. The van der Waals surface area contributed by atoms with Crippen molar-refractivity contribution in [1.29, 1.82) is 0 Å². The molecule has 0 bridgehead atoms. The minimum Gasteiger partial charge on any atom is -0.755 e. The van der Waals surface area contributed by atoms with Gasteiger partial charge in [0.1, 0.15) is 6.04 Å². The Bertz CT molecular complexity index is 748. The zero-order chi connectivity index (χ0) is 17.1. The van der Waals surface area contributed by atoms with Crippen LogP contribution >= 0.6 is 0 Å². The number of nitrogens with two attached hydrogens (primary N) is 1. The Kier molecular flexibility index (Phi) is 5.23. The van der Waals surface area contributed by atoms with Crippen molar-refractivity contribution in [3.8, 4) is 0 Å². The number of primary amides is 1. The van der Waals surface area contributed by atoms with Gasteiger partial charge in [-0.1, -0.05) is 31.2 Å². The SMILES string of the molecule is CCC(C(N)=O)N(c1cccc2c(N(C)C)cccc12)S(=O)[O-]. The van der Waals surface area contributed by atoms with Gasteiger partial charge in [-0.05, 0) is 18.6 Å². The highest BCUT2D eigenvalue weighted by molar-refractivity contribution is 7.80. The maximum atomic E-state index is 11.8. The molecule has 6 nitrogen and oxygen atoms in total. The fourth-order valence-corrected chi connectivity index (χ4v) is 3.47. The Hall–Kier alpha value is -2.12. The van der Waals surface area contributed by atoms with Crippen molar-refractivity contribution < 1.29 is 13.6 Å². The van der Waals surface area contributed by atoms with Crippen molar-refractivity contribution in [2.24, 2.45) is 5.73 Å². The second-order valence-corrected chi connectivity index (χ2v) is 6.24. The van der Waals surface area contributed by atoms with E-state index in [9.17, 15) is 13.6 Å². The highest BCUT2D eigenvalue weighted by Gasteiger charge is 2.25. The minimum atomic E-state index is -2.61. The fraction of sp³-hybridized carbons (Fsp3) is 0.312. The average Bonchev–Trinajstić information content (AvgIpc) is 2.50. The third kappa shape index (κ3) is 3.30. The van der Waals surface area contributed by atoms with Crippen LogP contribution in [0, 0.1) is 0 Å². The van der Waals surface area contributed by atoms with Crippen LogP contribution < -0.4 is 14.9 Å². The lowest BCUT2D eigenvalue weighted by molar-refractivity contribution is -0.119. The number of benzene rings is 2. The first kappa shape index (κ1) is 17.2. The van der Waals surface area contributed by atoms with Gasteiger partial charge in [-0.25, -0.2) is 0 Å². The van der Waals surface area contributed by atoms with Gasteiger partial charge in [0.15, 0.2) is 0 Å². The van der Waals surface area contributed by atoms with Crippen LogP contribution in [-0.4, -0.2) is 34.8 Å². The van der Waals surface area contributed by atoms with Gasteiger partial charge in [0, 0.05) is 41.8 Å². The summed E-state index contributed by atoms with van der Waals surface area (Å²) in [6.45, 7) is 1.73. The van der Waals surface area contributed by atoms with Gasteiger partial charge in [0.2, 0.25) is 5.91 Å². The van der Waals surface area contributed by atoms with E-state index in [-0.39, 0.29) is 0 Å². The Balaban J connectivity index is 2.72. The van der Waals surface area contributed by atoms with E-state index in [0.717, 1.165) is 20.8 Å². The smallest absolute Gasteiger partial charge is 0.241 e. The maximum absolute atomic E-state index is 11.8. The molecule has 0 heterocycles. The number of amides is 1. The molecule has 0 radical (unpaired) electrons. The van der Waals surface area contributed by atoms with Crippen LogP contribution in [-0.2, 0) is 16.1 Å².